The third-order valence-corrected chi connectivity index (χ3v) is 4.66. The molecule has 0 saturated carbocycles. The zero-order valence-electron chi connectivity index (χ0n) is 14.3. The van der Waals surface area contributed by atoms with Crippen molar-refractivity contribution < 1.29 is 4.42 Å². The number of nitrogens with zero attached hydrogens (tertiary/aromatic N) is 4. The Morgan fingerprint density at radius 3 is 2.65 bits per heavy atom. The standard InChI is InChI=1S/C18H26N4O/c1-4-17-19-20-18(23-17)14(2)21(3)13-15-9-5-6-10-16(15)22-11-7-8-12-22/h5-6,9-10,14H,4,7-8,11-13H2,1-3H3/t14-/m0/s1. The maximum Gasteiger partial charge on any atom is 0.233 e. The van der Waals surface area contributed by atoms with Crippen molar-refractivity contribution in [3.05, 3.63) is 41.6 Å². The van der Waals surface area contributed by atoms with E-state index in [1.54, 1.807) is 0 Å². The van der Waals surface area contributed by atoms with E-state index in [0.717, 1.165) is 13.0 Å². The van der Waals surface area contributed by atoms with Gasteiger partial charge in [0.05, 0.1) is 6.04 Å². The fraction of sp³-hybridized carbons (Fsp3) is 0.556. The fourth-order valence-corrected chi connectivity index (χ4v) is 3.08. The van der Waals surface area contributed by atoms with E-state index in [4.69, 9.17) is 4.42 Å². The minimum Gasteiger partial charge on any atom is -0.424 e. The average Bonchev–Trinajstić information content (AvgIpc) is 3.26. The first kappa shape index (κ1) is 16.0. The van der Waals surface area contributed by atoms with Crippen LogP contribution in [0.4, 0.5) is 5.69 Å². The summed E-state index contributed by atoms with van der Waals surface area (Å²) in [6.07, 6.45) is 3.37. The highest BCUT2D eigenvalue weighted by molar-refractivity contribution is 5.54. The van der Waals surface area contributed by atoms with Crippen LogP contribution in [0.1, 0.15) is 50.1 Å². The Kier molecular flexibility index (Phi) is 4.96. The summed E-state index contributed by atoms with van der Waals surface area (Å²) in [6.45, 7) is 7.35. The normalized spacial score (nSPS) is 16.3. The molecule has 5 heteroatoms. The van der Waals surface area contributed by atoms with Gasteiger partial charge in [-0.05, 0) is 38.4 Å². The first-order valence-corrected chi connectivity index (χ1v) is 8.54. The summed E-state index contributed by atoms with van der Waals surface area (Å²) in [7, 11) is 2.11. The second-order valence-corrected chi connectivity index (χ2v) is 6.30. The minimum atomic E-state index is 0.106. The van der Waals surface area contributed by atoms with Gasteiger partial charge in [-0.2, -0.15) is 0 Å². The van der Waals surface area contributed by atoms with Crippen molar-refractivity contribution in [1.82, 2.24) is 15.1 Å². The molecule has 1 fully saturated rings. The van der Waals surface area contributed by atoms with Crippen molar-refractivity contribution in [2.24, 2.45) is 0 Å². The lowest BCUT2D eigenvalue weighted by atomic mass is 10.1. The second-order valence-electron chi connectivity index (χ2n) is 6.30. The number of benzene rings is 1. The van der Waals surface area contributed by atoms with Crippen molar-refractivity contribution >= 4 is 5.69 Å². The topological polar surface area (TPSA) is 45.4 Å². The van der Waals surface area contributed by atoms with Gasteiger partial charge in [0.15, 0.2) is 0 Å². The molecule has 1 saturated heterocycles. The summed E-state index contributed by atoms with van der Waals surface area (Å²) in [4.78, 5) is 4.76. The van der Waals surface area contributed by atoms with Crippen molar-refractivity contribution in [3.8, 4) is 0 Å². The molecule has 0 amide bonds. The molecule has 3 rings (SSSR count). The average molecular weight is 314 g/mol. The Morgan fingerprint density at radius 1 is 1.22 bits per heavy atom. The lowest BCUT2D eigenvalue weighted by Gasteiger charge is -2.26. The van der Waals surface area contributed by atoms with Crippen LogP contribution in [-0.2, 0) is 13.0 Å². The maximum atomic E-state index is 5.71. The van der Waals surface area contributed by atoms with Gasteiger partial charge in [0.1, 0.15) is 0 Å². The van der Waals surface area contributed by atoms with Gasteiger partial charge in [0, 0.05) is 31.7 Å². The molecule has 5 nitrogen and oxygen atoms in total. The van der Waals surface area contributed by atoms with E-state index in [1.807, 2.05) is 6.92 Å². The maximum absolute atomic E-state index is 5.71. The van der Waals surface area contributed by atoms with Gasteiger partial charge >= 0.3 is 0 Å². The number of hydrogen-bond donors (Lipinski definition) is 0. The lowest BCUT2D eigenvalue weighted by Crippen LogP contribution is -2.25. The lowest BCUT2D eigenvalue weighted by molar-refractivity contribution is 0.214. The van der Waals surface area contributed by atoms with Gasteiger partial charge in [-0.1, -0.05) is 25.1 Å². The number of anilines is 1. The molecular formula is C18H26N4O. The van der Waals surface area contributed by atoms with Crippen LogP contribution in [-0.4, -0.2) is 35.2 Å². The van der Waals surface area contributed by atoms with Gasteiger partial charge in [-0.25, -0.2) is 0 Å². The van der Waals surface area contributed by atoms with Gasteiger partial charge in [-0.3, -0.25) is 4.90 Å². The summed E-state index contributed by atoms with van der Waals surface area (Å²) >= 11 is 0. The van der Waals surface area contributed by atoms with E-state index in [2.05, 4.69) is 58.2 Å². The zero-order chi connectivity index (χ0) is 16.2. The summed E-state index contributed by atoms with van der Waals surface area (Å²) in [6, 6.07) is 8.82. The number of aromatic nitrogens is 2. The van der Waals surface area contributed by atoms with Crippen molar-refractivity contribution in [1.29, 1.82) is 0 Å². The molecule has 0 aliphatic carbocycles. The first-order valence-electron chi connectivity index (χ1n) is 8.54. The first-order chi connectivity index (χ1) is 11.2. The Morgan fingerprint density at radius 2 is 1.96 bits per heavy atom. The van der Waals surface area contributed by atoms with Gasteiger partial charge in [-0.15, -0.1) is 10.2 Å². The quantitative estimate of drug-likeness (QED) is 0.817. The molecule has 0 bridgehead atoms. The van der Waals surface area contributed by atoms with Gasteiger partial charge in [0.25, 0.3) is 0 Å². The number of rotatable bonds is 6. The molecule has 0 N–H and O–H groups in total. The highest BCUT2D eigenvalue weighted by Crippen LogP contribution is 2.27. The van der Waals surface area contributed by atoms with Gasteiger partial charge in [0.2, 0.25) is 11.8 Å². The number of para-hydroxylation sites is 1. The third-order valence-electron chi connectivity index (χ3n) is 4.66. The predicted octanol–water partition coefficient (Wildman–Crippen LogP) is 3.43. The summed E-state index contributed by atoms with van der Waals surface area (Å²) in [5.74, 6) is 1.40. The molecule has 1 aliphatic rings. The predicted molar refractivity (Wildman–Crippen MR) is 91.4 cm³/mol. The van der Waals surface area contributed by atoms with Crippen molar-refractivity contribution in [2.45, 2.75) is 45.7 Å². The Bertz CT molecular complexity index is 633. The molecule has 124 valence electrons. The molecule has 2 heterocycles. The summed E-state index contributed by atoms with van der Waals surface area (Å²) in [5, 5.41) is 8.25. The van der Waals surface area contributed by atoms with Crippen LogP contribution in [0.15, 0.2) is 28.7 Å². The molecule has 23 heavy (non-hydrogen) atoms. The van der Waals surface area contributed by atoms with E-state index >= 15 is 0 Å². The molecule has 0 radical (unpaired) electrons. The van der Waals surface area contributed by atoms with Crippen LogP contribution in [0.2, 0.25) is 0 Å². The summed E-state index contributed by atoms with van der Waals surface area (Å²) < 4.78 is 5.71. The number of aryl methyl sites for hydroxylation is 1. The largest absolute Gasteiger partial charge is 0.424 e. The van der Waals surface area contributed by atoms with Crippen LogP contribution in [0.3, 0.4) is 0 Å². The minimum absolute atomic E-state index is 0.106. The molecule has 1 aromatic heterocycles. The van der Waals surface area contributed by atoms with Crippen molar-refractivity contribution in [3.63, 3.8) is 0 Å². The van der Waals surface area contributed by atoms with Crippen LogP contribution < -0.4 is 4.90 Å². The SMILES string of the molecule is CCc1nnc([C@H](C)N(C)Cc2ccccc2N2CCCC2)o1. The molecule has 0 spiro atoms. The van der Waals surface area contributed by atoms with Crippen LogP contribution in [0.5, 0.6) is 0 Å². The Labute approximate surface area is 138 Å². The Balaban J connectivity index is 1.73. The van der Waals surface area contributed by atoms with E-state index in [0.29, 0.717) is 11.8 Å². The highest BCUT2D eigenvalue weighted by Gasteiger charge is 2.21. The van der Waals surface area contributed by atoms with E-state index in [9.17, 15) is 0 Å². The highest BCUT2D eigenvalue weighted by atomic mass is 16.4. The van der Waals surface area contributed by atoms with E-state index in [1.165, 1.54) is 37.2 Å². The Hall–Kier alpha value is -1.88. The molecule has 1 aromatic carbocycles. The van der Waals surface area contributed by atoms with E-state index in [-0.39, 0.29) is 6.04 Å². The van der Waals surface area contributed by atoms with Crippen molar-refractivity contribution in [2.75, 3.05) is 25.0 Å². The van der Waals surface area contributed by atoms with E-state index < -0.39 is 0 Å². The van der Waals surface area contributed by atoms with Crippen LogP contribution in [0, 0.1) is 0 Å². The van der Waals surface area contributed by atoms with Crippen LogP contribution >= 0.6 is 0 Å². The molecular weight excluding hydrogens is 288 g/mol. The fourth-order valence-electron chi connectivity index (χ4n) is 3.08. The smallest absolute Gasteiger partial charge is 0.233 e. The van der Waals surface area contributed by atoms with Crippen LogP contribution in [0.25, 0.3) is 0 Å². The molecule has 1 atom stereocenters. The molecule has 2 aromatic rings. The molecule has 1 aliphatic heterocycles. The number of hydrogen-bond acceptors (Lipinski definition) is 5. The monoisotopic (exact) mass is 314 g/mol. The summed E-state index contributed by atoms with van der Waals surface area (Å²) in [5.41, 5.74) is 2.72. The van der Waals surface area contributed by atoms with Gasteiger partial charge < -0.3 is 9.32 Å². The second kappa shape index (κ2) is 7.13. The third kappa shape index (κ3) is 3.55. The molecule has 0 unspecified atom stereocenters. The zero-order valence-corrected chi connectivity index (χ0v) is 14.3.